The maximum atomic E-state index is 12.7. The van der Waals surface area contributed by atoms with Crippen LogP contribution in [0.5, 0.6) is 0 Å². The molecular formula is C10H10F2O. The monoisotopic (exact) mass is 184 g/mol. The number of halogens is 2. The zero-order valence-corrected chi connectivity index (χ0v) is 7.00. The summed E-state index contributed by atoms with van der Waals surface area (Å²) in [6, 6.07) is 3.18. The highest BCUT2D eigenvalue weighted by Crippen LogP contribution is 2.40. The predicted octanol–water partition coefficient (Wildman–Crippen LogP) is 2.41. The summed E-state index contributed by atoms with van der Waals surface area (Å²) in [7, 11) is 0. The van der Waals surface area contributed by atoms with E-state index in [1.165, 1.54) is 12.1 Å². The van der Waals surface area contributed by atoms with Gasteiger partial charge in [-0.1, -0.05) is 0 Å². The van der Waals surface area contributed by atoms with Crippen LogP contribution in [-0.2, 0) is 0 Å². The van der Waals surface area contributed by atoms with Crippen molar-refractivity contribution in [1.29, 1.82) is 0 Å². The van der Waals surface area contributed by atoms with Gasteiger partial charge in [-0.15, -0.1) is 0 Å². The van der Waals surface area contributed by atoms with Gasteiger partial charge in [0, 0.05) is 6.07 Å². The average molecular weight is 184 g/mol. The smallest absolute Gasteiger partial charge is 0.126 e. The first kappa shape index (κ1) is 8.63. The summed E-state index contributed by atoms with van der Waals surface area (Å²) in [6.07, 6.45) is 1.18. The van der Waals surface area contributed by atoms with Crippen molar-refractivity contribution in [3.63, 3.8) is 0 Å². The zero-order chi connectivity index (χ0) is 9.42. The molecule has 1 aliphatic carbocycles. The van der Waals surface area contributed by atoms with Gasteiger partial charge in [0.05, 0.1) is 6.10 Å². The van der Waals surface area contributed by atoms with Crippen molar-refractivity contribution in [1.82, 2.24) is 0 Å². The maximum Gasteiger partial charge on any atom is 0.126 e. The third-order valence-corrected chi connectivity index (χ3v) is 2.29. The molecule has 0 heterocycles. The lowest BCUT2D eigenvalue weighted by atomic mass is 10.1. The van der Waals surface area contributed by atoms with Gasteiger partial charge in [0.1, 0.15) is 11.6 Å². The molecule has 1 aliphatic rings. The molecule has 13 heavy (non-hydrogen) atoms. The number of rotatable bonds is 2. The van der Waals surface area contributed by atoms with E-state index in [0.29, 0.717) is 5.56 Å². The first-order valence-corrected chi connectivity index (χ1v) is 4.31. The molecule has 0 aromatic heterocycles. The van der Waals surface area contributed by atoms with E-state index in [4.69, 9.17) is 0 Å². The normalized spacial score (nSPS) is 18.7. The van der Waals surface area contributed by atoms with Gasteiger partial charge in [0.25, 0.3) is 0 Å². The average Bonchev–Trinajstić information content (AvgIpc) is 2.83. The van der Waals surface area contributed by atoms with Crippen molar-refractivity contribution in [2.24, 2.45) is 5.92 Å². The summed E-state index contributed by atoms with van der Waals surface area (Å²) in [5.74, 6) is -1.06. The van der Waals surface area contributed by atoms with Gasteiger partial charge in [-0.2, -0.15) is 0 Å². The summed E-state index contributed by atoms with van der Waals surface area (Å²) in [6.45, 7) is 0. The topological polar surface area (TPSA) is 20.2 Å². The van der Waals surface area contributed by atoms with E-state index in [9.17, 15) is 13.9 Å². The Morgan fingerprint density at radius 1 is 1.15 bits per heavy atom. The van der Waals surface area contributed by atoms with Crippen LogP contribution < -0.4 is 0 Å². The maximum absolute atomic E-state index is 12.7. The number of hydrogen-bond donors (Lipinski definition) is 1. The molecule has 3 heteroatoms. The molecule has 1 saturated carbocycles. The van der Waals surface area contributed by atoms with Gasteiger partial charge in [-0.3, -0.25) is 0 Å². The largest absolute Gasteiger partial charge is 0.388 e. The second-order valence-electron chi connectivity index (χ2n) is 3.49. The summed E-state index contributed by atoms with van der Waals surface area (Å²) >= 11 is 0. The van der Waals surface area contributed by atoms with Gasteiger partial charge in [-0.25, -0.2) is 8.78 Å². The van der Waals surface area contributed by atoms with Crippen molar-refractivity contribution in [3.05, 3.63) is 35.4 Å². The lowest BCUT2D eigenvalue weighted by Crippen LogP contribution is -2.00. The van der Waals surface area contributed by atoms with E-state index < -0.39 is 17.7 Å². The molecule has 70 valence electrons. The molecule has 0 radical (unpaired) electrons. The van der Waals surface area contributed by atoms with Crippen molar-refractivity contribution in [2.75, 3.05) is 0 Å². The van der Waals surface area contributed by atoms with Crippen LogP contribution in [0.1, 0.15) is 24.5 Å². The molecular weight excluding hydrogens is 174 g/mol. The van der Waals surface area contributed by atoms with Gasteiger partial charge in [-0.05, 0) is 36.5 Å². The third-order valence-electron chi connectivity index (χ3n) is 2.29. The summed E-state index contributed by atoms with van der Waals surface area (Å²) < 4.78 is 25.4. The van der Waals surface area contributed by atoms with Crippen LogP contribution in [0.15, 0.2) is 18.2 Å². The SMILES string of the molecule is O[C@@H](c1cc(F)cc(F)c1)C1CC1. The quantitative estimate of drug-likeness (QED) is 0.748. The number of aliphatic hydroxyl groups is 1. The molecule has 0 spiro atoms. The highest BCUT2D eigenvalue weighted by Gasteiger charge is 2.31. The van der Waals surface area contributed by atoms with Crippen LogP contribution in [0.4, 0.5) is 8.78 Å². The van der Waals surface area contributed by atoms with E-state index in [1.54, 1.807) is 0 Å². The van der Waals surface area contributed by atoms with Gasteiger partial charge in [0.15, 0.2) is 0 Å². The highest BCUT2D eigenvalue weighted by molar-refractivity contribution is 5.21. The first-order chi connectivity index (χ1) is 6.16. The minimum Gasteiger partial charge on any atom is -0.388 e. The lowest BCUT2D eigenvalue weighted by molar-refractivity contribution is 0.153. The zero-order valence-electron chi connectivity index (χ0n) is 7.00. The Balaban J connectivity index is 2.27. The van der Waals surface area contributed by atoms with E-state index in [2.05, 4.69) is 0 Å². The van der Waals surface area contributed by atoms with E-state index in [-0.39, 0.29) is 5.92 Å². The molecule has 1 atom stereocenters. The van der Waals surface area contributed by atoms with Gasteiger partial charge in [0.2, 0.25) is 0 Å². The second-order valence-corrected chi connectivity index (χ2v) is 3.49. The molecule has 0 unspecified atom stereocenters. The van der Waals surface area contributed by atoms with Crippen LogP contribution in [0, 0.1) is 17.6 Å². The summed E-state index contributed by atoms with van der Waals surface area (Å²) in [5.41, 5.74) is 0.347. The Morgan fingerprint density at radius 3 is 2.15 bits per heavy atom. The fourth-order valence-corrected chi connectivity index (χ4v) is 1.43. The Morgan fingerprint density at radius 2 is 1.69 bits per heavy atom. The molecule has 0 bridgehead atoms. The Hall–Kier alpha value is -0.960. The predicted molar refractivity (Wildman–Crippen MR) is 44.0 cm³/mol. The molecule has 1 N–H and O–H groups in total. The van der Waals surface area contributed by atoms with Crippen molar-refractivity contribution in [3.8, 4) is 0 Å². The minimum absolute atomic E-state index is 0.196. The minimum atomic E-state index is -0.704. The van der Waals surface area contributed by atoms with Crippen LogP contribution in [0.2, 0.25) is 0 Å². The molecule has 2 rings (SSSR count). The molecule has 0 saturated heterocycles. The molecule has 0 aliphatic heterocycles. The van der Waals surface area contributed by atoms with Crippen LogP contribution in [0.25, 0.3) is 0 Å². The standard InChI is InChI=1S/C10H10F2O/c11-8-3-7(4-9(12)5-8)10(13)6-1-2-6/h3-6,10,13H,1-2H2/t10-/m1/s1. The van der Waals surface area contributed by atoms with E-state index >= 15 is 0 Å². The molecule has 1 nitrogen and oxygen atoms in total. The summed E-state index contributed by atoms with van der Waals surface area (Å²) in [4.78, 5) is 0. The molecule has 0 amide bonds. The third kappa shape index (κ3) is 1.86. The van der Waals surface area contributed by atoms with Gasteiger partial charge >= 0.3 is 0 Å². The Bertz CT molecular complexity index is 300. The van der Waals surface area contributed by atoms with Crippen molar-refractivity contribution in [2.45, 2.75) is 18.9 Å². The number of hydrogen-bond acceptors (Lipinski definition) is 1. The number of aliphatic hydroxyl groups excluding tert-OH is 1. The first-order valence-electron chi connectivity index (χ1n) is 4.31. The lowest BCUT2D eigenvalue weighted by Gasteiger charge is -2.09. The molecule has 1 aromatic rings. The van der Waals surface area contributed by atoms with Gasteiger partial charge < -0.3 is 5.11 Å². The van der Waals surface area contributed by atoms with Crippen molar-refractivity contribution >= 4 is 0 Å². The fourth-order valence-electron chi connectivity index (χ4n) is 1.43. The van der Waals surface area contributed by atoms with Crippen LogP contribution >= 0.6 is 0 Å². The van der Waals surface area contributed by atoms with Crippen LogP contribution in [-0.4, -0.2) is 5.11 Å². The van der Waals surface area contributed by atoms with Crippen LogP contribution in [0.3, 0.4) is 0 Å². The molecule has 1 aromatic carbocycles. The van der Waals surface area contributed by atoms with Crippen molar-refractivity contribution < 1.29 is 13.9 Å². The Kier molecular flexibility index (Phi) is 2.04. The molecule has 1 fully saturated rings. The van der Waals surface area contributed by atoms with E-state index in [0.717, 1.165) is 18.9 Å². The second kappa shape index (κ2) is 3.07. The Labute approximate surface area is 75.0 Å². The van der Waals surface area contributed by atoms with E-state index in [1.807, 2.05) is 0 Å². The summed E-state index contributed by atoms with van der Waals surface area (Å²) in [5, 5.41) is 9.58. The highest BCUT2D eigenvalue weighted by atomic mass is 19.1. The fraction of sp³-hybridized carbons (Fsp3) is 0.400. The number of benzene rings is 1.